The molecular weight excluding hydrogens is 234 g/mol. The molecule has 96 valence electrons. The van der Waals surface area contributed by atoms with Crippen LogP contribution in [0.25, 0.3) is 0 Å². The first-order valence-electron chi connectivity index (χ1n) is 6.94. The van der Waals surface area contributed by atoms with E-state index < -0.39 is 0 Å². The van der Waals surface area contributed by atoms with Crippen LogP contribution in [0.1, 0.15) is 34.4 Å². The number of hydrogen-bond acceptors (Lipinski definition) is 2. The number of rotatable bonds is 0. The van der Waals surface area contributed by atoms with Gasteiger partial charge in [-0.1, -0.05) is 48.5 Å². The van der Waals surface area contributed by atoms with E-state index in [4.69, 9.17) is 4.74 Å². The molecule has 0 aromatic heterocycles. The molecule has 0 fully saturated rings. The van der Waals surface area contributed by atoms with Gasteiger partial charge in [0.15, 0.2) is 0 Å². The van der Waals surface area contributed by atoms with Gasteiger partial charge < -0.3 is 10.1 Å². The Hall–Kier alpha value is -1.64. The van der Waals surface area contributed by atoms with Crippen LogP contribution >= 0.6 is 0 Å². The van der Waals surface area contributed by atoms with Gasteiger partial charge in [0.25, 0.3) is 0 Å². The molecule has 2 nitrogen and oxygen atoms in total. The molecule has 1 N–H and O–H groups in total. The van der Waals surface area contributed by atoms with Crippen LogP contribution in [0.2, 0.25) is 0 Å². The summed E-state index contributed by atoms with van der Waals surface area (Å²) in [6.07, 6.45) is 1.22. The second-order valence-electron chi connectivity index (χ2n) is 5.31. The summed E-state index contributed by atoms with van der Waals surface area (Å²) in [4.78, 5) is 0. The maximum absolute atomic E-state index is 6.15. The predicted octanol–water partition coefficient (Wildman–Crippen LogP) is 3.14. The minimum atomic E-state index is 0.147. The third-order valence-corrected chi connectivity index (χ3v) is 4.23. The fraction of sp³-hybridized carbons (Fsp3) is 0.294. The van der Waals surface area contributed by atoms with E-state index in [9.17, 15) is 0 Å². The molecule has 0 aliphatic carbocycles. The minimum Gasteiger partial charge on any atom is -0.367 e. The molecule has 4 rings (SSSR count). The van der Waals surface area contributed by atoms with Crippen molar-refractivity contribution >= 4 is 0 Å². The van der Waals surface area contributed by atoms with Crippen molar-refractivity contribution in [3.8, 4) is 0 Å². The van der Waals surface area contributed by atoms with Crippen LogP contribution in [0.15, 0.2) is 48.5 Å². The third-order valence-electron chi connectivity index (χ3n) is 4.23. The number of ether oxygens (including phenoxy) is 1. The first kappa shape index (κ1) is 11.2. The predicted molar refractivity (Wildman–Crippen MR) is 74.9 cm³/mol. The summed E-state index contributed by atoms with van der Waals surface area (Å²) >= 11 is 0. The Bertz CT molecular complexity index is 608. The molecular formula is C17H17NO. The topological polar surface area (TPSA) is 21.3 Å². The van der Waals surface area contributed by atoms with Crippen LogP contribution in [-0.4, -0.2) is 6.54 Å². The summed E-state index contributed by atoms with van der Waals surface area (Å²) in [5, 5.41) is 3.66. The molecule has 2 aromatic carbocycles. The molecule has 2 unspecified atom stereocenters. The third kappa shape index (κ3) is 1.79. The van der Waals surface area contributed by atoms with Crippen molar-refractivity contribution in [2.45, 2.75) is 25.2 Å². The van der Waals surface area contributed by atoms with Crippen molar-refractivity contribution < 1.29 is 4.74 Å². The van der Waals surface area contributed by atoms with Crippen molar-refractivity contribution in [2.24, 2.45) is 0 Å². The Labute approximate surface area is 113 Å². The second-order valence-corrected chi connectivity index (χ2v) is 5.31. The first-order valence-corrected chi connectivity index (χ1v) is 6.94. The smallest absolute Gasteiger partial charge is 0.103 e. The summed E-state index contributed by atoms with van der Waals surface area (Å²) in [5.74, 6) is 0. The van der Waals surface area contributed by atoms with Crippen molar-refractivity contribution in [1.82, 2.24) is 5.32 Å². The summed E-state index contributed by atoms with van der Waals surface area (Å²) < 4.78 is 6.15. The molecule has 0 saturated carbocycles. The number of benzene rings is 2. The number of nitrogens with one attached hydrogen (secondary N) is 1. The van der Waals surface area contributed by atoms with E-state index >= 15 is 0 Å². The summed E-state index contributed by atoms with van der Waals surface area (Å²) in [5.41, 5.74) is 5.49. The fourth-order valence-corrected chi connectivity index (χ4v) is 3.30. The van der Waals surface area contributed by atoms with Gasteiger partial charge in [0.2, 0.25) is 0 Å². The molecule has 0 radical (unpaired) electrons. The molecule has 19 heavy (non-hydrogen) atoms. The van der Waals surface area contributed by atoms with E-state index in [-0.39, 0.29) is 12.1 Å². The van der Waals surface area contributed by atoms with Crippen molar-refractivity contribution in [1.29, 1.82) is 0 Å². The number of hydrogen-bond donors (Lipinski definition) is 1. The van der Waals surface area contributed by atoms with Gasteiger partial charge in [-0.05, 0) is 35.2 Å². The van der Waals surface area contributed by atoms with Gasteiger partial charge in [-0.15, -0.1) is 0 Å². The standard InChI is InChI=1S/C17H17NO/c1-4-8-15-12(5-1)9-10-18-16-14-7-3-2-6-13(14)11-19-17(15)16/h1-8,16-18H,9-11H2. The van der Waals surface area contributed by atoms with Gasteiger partial charge in [-0.3, -0.25) is 0 Å². The molecule has 0 saturated heterocycles. The van der Waals surface area contributed by atoms with Crippen molar-refractivity contribution in [3.63, 3.8) is 0 Å². The lowest BCUT2D eigenvalue weighted by Gasteiger charge is -2.33. The van der Waals surface area contributed by atoms with Crippen molar-refractivity contribution in [2.75, 3.05) is 6.54 Å². The zero-order valence-corrected chi connectivity index (χ0v) is 10.8. The highest BCUT2D eigenvalue weighted by Gasteiger charge is 2.33. The Kier molecular flexibility index (Phi) is 2.64. The monoisotopic (exact) mass is 251 g/mol. The normalized spacial score (nSPS) is 24.8. The highest BCUT2D eigenvalue weighted by molar-refractivity contribution is 5.39. The largest absolute Gasteiger partial charge is 0.367 e. The minimum absolute atomic E-state index is 0.147. The van der Waals surface area contributed by atoms with Gasteiger partial charge in [-0.2, -0.15) is 0 Å². The van der Waals surface area contributed by atoms with Crippen LogP contribution in [0.4, 0.5) is 0 Å². The molecule has 2 aliphatic heterocycles. The van der Waals surface area contributed by atoms with E-state index in [1.165, 1.54) is 22.3 Å². The van der Waals surface area contributed by atoms with Gasteiger partial charge in [0, 0.05) is 0 Å². The lowest BCUT2D eigenvalue weighted by molar-refractivity contribution is -0.000624. The second kappa shape index (κ2) is 4.48. The van der Waals surface area contributed by atoms with Gasteiger partial charge in [0.1, 0.15) is 6.10 Å². The molecule has 0 bridgehead atoms. The SMILES string of the molecule is c1ccc2c(c1)COC1c3ccccc3CCNC21. The van der Waals surface area contributed by atoms with Crippen LogP contribution in [0.3, 0.4) is 0 Å². The van der Waals surface area contributed by atoms with Crippen LogP contribution in [0.5, 0.6) is 0 Å². The Morgan fingerprint density at radius 3 is 2.53 bits per heavy atom. The molecule has 2 heteroatoms. The van der Waals surface area contributed by atoms with Gasteiger partial charge in [-0.25, -0.2) is 0 Å². The molecule has 0 spiro atoms. The van der Waals surface area contributed by atoms with Crippen molar-refractivity contribution in [3.05, 3.63) is 70.8 Å². The highest BCUT2D eigenvalue weighted by atomic mass is 16.5. The van der Waals surface area contributed by atoms with E-state index in [1.807, 2.05) is 0 Å². The molecule has 0 amide bonds. The lowest BCUT2D eigenvalue weighted by atomic mass is 9.89. The van der Waals surface area contributed by atoms with E-state index in [0.717, 1.165) is 13.0 Å². The average Bonchev–Trinajstić information content (AvgIpc) is 2.66. The lowest BCUT2D eigenvalue weighted by Crippen LogP contribution is -2.31. The van der Waals surface area contributed by atoms with E-state index in [1.54, 1.807) is 0 Å². The van der Waals surface area contributed by atoms with Gasteiger partial charge >= 0.3 is 0 Å². The molecule has 2 aromatic rings. The zero-order chi connectivity index (χ0) is 12.7. The highest BCUT2D eigenvalue weighted by Crippen LogP contribution is 2.41. The molecule has 2 atom stereocenters. The maximum Gasteiger partial charge on any atom is 0.103 e. The average molecular weight is 251 g/mol. The van der Waals surface area contributed by atoms with E-state index in [2.05, 4.69) is 53.8 Å². The Balaban J connectivity index is 1.83. The summed E-state index contributed by atoms with van der Waals surface area (Å²) in [6.45, 7) is 1.73. The van der Waals surface area contributed by atoms with E-state index in [0.29, 0.717) is 6.61 Å². The van der Waals surface area contributed by atoms with Gasteiger partial charge in [0.05, 0.1) is 12.6 Å². The molecule has 2 aliphatic rings. The fourth-order valence-electron chi connectivity index (χ4n) is 3.30. The molecule has 2 heterocycles. The Morgan fingerprint density at radius 1 is 0.895 bits per heavy atom. The summed E-state index contributed by atoms with van der Waals surface area (Å²) in [7, 11) is 0. The maximum atomic E-state index is 6.15. The quantitative estimate of drug-likeness (QED) is 0.776. The van der Waals surface area contributed by atoms with Crippen LogP contribution in [0, 0.1) is 0 Å². The van der Waals surface area contributed by atoms with Crippen LogP contribution < -0.4 is 5.32 Å². The van der Waals surface area contributed by atoms with Crippen LogP contribution in [-0.2, 0) is 17.8 Å². The summed E-state index contributed by atoms with van der Waals surface area (Å²) in [6, 6.07) is 17.6. The number of fused-ring (bicyclic) bond motifs is 5. The zero-order valence-electron chi connectivity index (χ0n) is 10.8. The Morgan fingerprint density at radius 2 is 1.63 bits per heavy atom. The first-order chi connectivity index (χ1) is 9.43.